The van der Waals surface area contributed by atoms with Crippen molar-refractivity contribution in [1.29, 1.82) is 0 Å². The van der Waals surface area contributed by atoms with Gasteiger partial charge in [-0.15, -0.1) is 0 Å². The number of ether oxygens (including phenoxy) is 1. The third kappa shape index (κ3) is 5.17. The molecule has 0 spiro atoms. The quantitative estimate of drug-likeness (QED) is 0.454. The van der Waals surface area contributed by atoms with Gasteiger partial charge in [-0.25, -0.2) is 0 Å². The fraction of sp³-hybridized carbons (Fsp3) is 0.429. The molecule has 0 saturated carbocycles. The number of nitrogens with zero attached hydrogens (tertiary/aromatic N) is 1. The summed E-state index contributed by atoms with van der Waals surface area (Å²) in [6.07, 6.45) is 4.10. The Morgan fingerprint density at radius 2 is 2.35 bits per heavy atom. The fourth-order valence-electron chi connectivity index (χ4n) is 1.29. The van der Waals surface area contributed by atoms with Gasteiger partial charge in [0.15, 0.2) is 0 Å². The lowest BCUT2D eigenvalue weighted by Gasteiger charge is -2.09. The second-order valence-corrected chi connectivity index (χ2v) is 3.67. The number of unbranched alkanes of at least 4 members (excludes halogenated alkanes) is 2. The summed E-state index contributed by atoms with van der Waals surface area (Å²) in [4.78, 5) is 15.1. The first-order chi connectivity index (χ1) is 8.24. The van der Waals surface area contributed by atoms with Crippen LogP contribution < -0.4 is 0 Å². The van der Waals surface area contributed by atoms with E-state index in [4.69, 9.17) is 4.74 Å². The first-order valence-corrected chi connectivity index (χ1v) is 5.80. The Morgan fingerprint density at radius 1 is 1.53 bits per heavy atom. The summed E-state index contributed by atoms with van der Waals surface area (Å²) in [5.74, 6) is 5.63. The molecule has 3 nitrogen and oxygen atoms in total. The highest BCUT2D eigenvalue weighted by Gasteiger charge is 2.12. The minimum Gasteiger partial charge on any atom is -0.443 e. The molecule has 0 aliphatic heterocycles. The topological polar surface area (TPSA) is 39.2 Å². The van der Waals surface area contributed by atoms with Gasteiger partial charge in [-0.05, 0) is 18.6 Å². The molecule has 0 radical (unpaired) electrons. The number of hydrogen-bond acceptors (Lipinski definition) is 3. The Balaban J connectivity index is 2.73. The average molecular weight is 231 g/mol. The third-order valence-electron chi connectivity index (χ3n) is 2.13. The van der Waals surface area contributed by atoms with E-state index in [1.807, 2.05) is 18.2 Å². The first-order valence-electron chi connectivity index (χ1n) is 5.80. The lowest BCUT2D eigenvalue weighted by Crippen LogP contribution is -2.08. The molecule has 1 heterocycles. The van der Waals surface area contributed by atoms with Crippen LogP contribution in [-0.2, 0) is 9.53 Å². The van der Waals surface area contributed by atoms with Gasteiger partial charge in [0.2, 0.25) is 6.10 Å². The van der Waals surface area contributed by atoms with Crippen LogP contribution in [0.25, 0.3) is 0 Å². The average Bonchev–Trinajstić information content (AvgIpc) is 2.34. The van der Waals surface area contributed by atoms with Crippen LogP contribution in [0.15, 0.2) is 24.4 Å². The van der Waals surface area contributed by atoms with Gasteiger partial charge in [-0.2, -0.15) is 0 Å². The van der Waals surface area contributed by atoms with E-state index in [0.717, 1.165) is 19.3 Å². The van der Waals surface area contributed by atoms with Crippen LogP contribution in [0.2, 0.25) is 0 Å². The molecule has 0 bridgehead atoms. The van der Waals surface area contributed by atoms with Crippen molar-refractivity contribution in [3.63, 3.8) is 0 Å². The minimum atomic E-state index is -0.550. The Bertz CT molecular complexity index is 403. The summed E-state index contributed by atoms with van der Waals surface area (Å²) in [6, 6.07) is 5.48. The van der Waals surface area contributed by atoms with E-state index in [0.29, 0.717) is 5.69 Å². The molecule has 0 fully saturated rings. The fourth-order valence-corrected chi connectivity index (χ4v) is 1.29. The normalized spacial score (nSPS) is 11.2. The maximum absolute atomic E-state index is 11.0. The highest BCUT2D eigenvalue weighted by molar-refractivity contribution is 5.66. The molecule has 90 valence electrons. The van der Waals surface area contributed by atoms with Crippen molar-refractivity contribution in [2.45, 2.75) is 39.2 Å². The molecule has 1 rings (SSSR count). The molecule has 1 unspecified atom stereocenters. The van der Waals surface area contributed by atoms with Crippen molar-refractivity contribution >= 4 is 5.97 Å². The molecule has 3 heteroatoms. The minimum absolute atomic E-state index is 0.342. The van der Waals surface area contributed by atoms with Gasteiger partial charge in [0.25, 0.3) is 0 Å². The maximum atomic E-state index is 11.0. The summed E-state index contributed by atoms with van der Waals surface area (Å²) >= 11 is 0. The van der Waals surface area contributed by atoms with E-state index in [1.165, 1.54) is 6.92 Å². The highest BCUT2D eigenvalue weighted by Crippen LogP contribution is 2.13. The zero-order chi connectivity index (χ0) is 12.5. The lowest BCUT2D eigenvalue weighted by atomic mass is 10.2. The van der Waals surface area contributed by atoms with Crippen molar-refractivity contribution < 1.29 is 9.53 Å². The zero-order valence-electron chi connectivity index (χ0n) is 10.3. The standard InChI is InChI=1S/C14H17NO2/c1-3-4-5-6-10-14(17-12(2)16)13-9-7-8-11-15-13/h7-9,11,14H,3-5H2,1-2H3. The van der Waals surface area contributed by atoms with Gasteiger partial charge in [0.05, 0.1) is 5.69 Å². The molecular formula is C14H17NO2. The van der Waals surface area contributed by atoms with Crippen molar-refractivity contribution in [2.24, 2.45) is 0 Å². The Kier molecular flexibility index (Phi) is 5.81. The summed E-state index contributed by atoms with van der Waals surface area (Å²) in [5.41, 5.74) is 0.673. The van der Waals surface area contributed by atoms with Crippen molar-refractivity contribution in [1.82, 2.24) is 4.98 Å². The second kappa shape index (κ2) is 7.45. The van der Waals surface area contributed by atoms with Crippen molar-refractivity contribution in [3.05, 3.63) is 30.1 Å². The van der Waals surface area contributed by atoms with E-state index in [1.54, 1.807) is 6.20 Å². The smallest absolute Gasteiger partial charge is 0.304 e. The lowest BCUT2D eigenvalue weighted by molar-refractivity contribution is -0.144. The Hall–Kier alpha value is -1.82. The summed E-state index contributed by atoms with van der Waals surface area (Å²) < 4.78 is 5.14. The number of carbonyl (C=O) groups is 1. The first kappa shape index (κ1) is 13.2. The van der Waals surface area contributed by atoms with Crippen LogP contribution >= 0.6 is 0 Å². The van der Waals surface area contributed by atoms with Gasteiger partial charge >= 0.3 is 5.97 Å². The molecule has 17 heavy (non-hydrogen) atoms. The summed E-state index contributed by atoms with van der Waals surface area (Å²) in [6.45, 7) is 3.49. The zero-order valence-corrected chi connectivity index (χ0v) is 10.3. The molecule has 0 aliphatic carbocycles. The molecule has 1 atom stereocenters. The van der Waals surface area contributed by atoms with Crippen LogP contribution in [0.4, 0.5) is 0 Å². The molecule has 0 aromatic carbocycles. The molecule has 0 aliphatic rings. The summed E-state index contributed by atoms with van der Waals surface area (Å²) in [5, 5.41) is 0. The number of esters is 1. The van der Waals surface area contributed by atoms with Crippen LogP contribution in [0.5, 0.6) is 0 Å². The number of hydrogen-bond donors (Lipinski definition) is 0. The molecule has 0 saturated heterocycles. The van der Waals surface area contributed by atoms with Crippen LogP contribution in [0.1, 0.15) is 44.9 Å². The van der Waals surface area contributed by atoms with Gasteiger partial charge in [-0.1, -0.05) is 31.3 Å². The van der Waals surface area contributed by atoms with Crippen LogP contribution in [0, 0.1) is 11.8 Å². The van der Waals surface area contributed by atoms with E-state index >= 15 is 0 Å². The Labute approximate surface area is 102 Å². The molecule has 1 aromatic heterocycles. The second-order valence-electron chi connectivity index (χ2n) is 3.67. The molecule has 0 N–H and O–H groups in total. The predicted molar refractivity (Wildman–Crippen MR) is 66.0 cm³/mol. The van der Waals surface area contributed by atoms with E-state index in [-0.39, 0.29) is 5.97 Å². The Morgan fingerprint density at radius 3 is 2.94 bits per heavy atom. The van der Waals surface area contributed by atoms with Crippen molar-refractivity contribution in [2.75, 3.05) is 0 Å². The third-order valence-corrected chi connectivity index (χ3v) is 2.13. The highest BCUT2D eigenvalue weighted by atomic mass is 16.5. The van der Waals surface area contributed by atoms with Gasteiger partial charge in [0, 0.05) is 19.5 Å². The predicted octanol–water partition coefficient (Wildman–Crippen LogP) is 2.88. The van der Waals surface area contributed by atoms with Crippen LogP contribution in [-0.4, -0.2) is 11.0 Å². The number of carbonyl (C=O) groups excluding carboxylic acids is 1. The van der Waals surface area contributed by atoms with Crippen molar-refractivity contribution in [3.8, 4) is 11.8 Å². The van der Waals surface area contributed by atoms with E-state index < -0.39 is 6.10 Å². The maximum Gasteiger partial charge on any atom is 0.304 e. The van der Waals surface area contributed by atoms with Gasteiger partial charge < -0.3 is 4.74 Å². The number of pyridine rings is 1. The SMILES string of the molecule is CCCCC#CC(OC(C)=O)c1ccccn1. The monoisotopic (exact) mass is 231 g/mol. The molecule has 0 amide bonds. The number of rotatable bonds is 4. The van der Waals surface area contributed by atoms with Gasteiger partial charge in [-0.3, -0.25) is 9.78 Å². The largest absolute Gasteiger partial charge is 0.443 e. The van der Waals surface area contributed by atoms with E-state index in [2.05, 4.69) is 23.7 Å². The molecule has 1 aromatic rings. The number of aromatic nitrogens is 1. The van der Waals surface area contributed by atoms with Crippen LogP contribution in [0.3, 0.4) is 0 Å². The van der Waals surface area contributed by atoms with E-state index in [9.17, 15) is 4.79 Å². The molecular weight excluding hydrogens is 214 g/mol. The summed E-state index contributed by atoms with van der Waals surface area (Å²) in [7, 11) is 0. The van der Waals surface area contributed by atoms with Gasteiger partial charge in [0.1, 0.15) is 0 Å².